The molecule has 0 bridgehead atoms. The Balaban J connectivity index is 1.30. The fourth-order valence-corrected chi connectivity index (χ4v) is 4.22. The molecule has 1 fully saturated rings. The first kappa shape index (κ1) is 24.9. The van der Waals surface area contributed by atoms with Crippen LogP contribution in [0.1, 0.15) is 5.56 Å². The van der Waals surface area contributed by atoms with E-state index in [0.717, 1.165) is 36.2 Å². The van der Waals surface area contributed by atoms with Crippen LogP contribution in [-0.2, 0) is 20.8 Å². The van der Waals surface area contributed by atoms with E-state index in [0.29, 0.717) is 28.4 Å². The summed E-state index contributed by atoms with van der Waals surface area (Å²) >= 11 is 9.62. The van der Waals surface area contributed by atoms with Crippen molar-refractivity contribution in [2.24, 2.45) is 0 Å². The maximum Gasteiger partial charge on any atom is 0.315 e. The number of hydrogen-bond donors (Lipinski definition) is 3. The summed E-state index contributed by atoms with van der Waals surface area (Å²) in [5.41, 5.74) is 2.58. The smallest absolute Gasteiger partial charge is 0.315 e. The summed E-state index contributed by atoms with van der Waals surface area (Å²) < 4.78 is 0.839. The zero-order chi connectivity index (χ0) is 24.9. The maximum atomic E-state index is 12.5. The number of hydrogen-bond acceptors (Lipinski definition) is 5. The van der Waals surface area contributed by atoms with E-state index >= 15 is 0 Å². The van der Waals surface area contributed by atoms with E-state index < -0.39 is 11.8 Å². The van der Waals surface area contributed by atoms with Crippen LogP contribution >= 0.6 is 27.5 Å². The van der Waals surface area contributed by atoms with E-state index in [1.807, 2.05) is 24.1 Å². The van der Waals surface area contributed by atoms with E-state index in [4.69, 9.17) is 11.6 Å². The van der Waals surface area contributed by atoms with E-state index in [1.165, 1.54) is 0 Å². The number of halogens is 2. The van der Waals surface area contributed by atoms with Crippen LogP contribution in [0.25, 0.3) is 11.3 Å². The molecule has 1 aliphatic rings. The number of H-pyrrole nitrogens is 1. The Morgan fingerprint density at radius 3 is 2.40 bits per heavy atom. The maximum absolute atomic E-state index is 12.5. The van der Waals surface area contributed by atoms with Crippen molar-refractivity contribution in [1.82, 2.24) is 20.0 Å². The molecule has 0 spiro atoms. The summed E-state index contributed by atoms with van der Waals surface area (Å²) in [6, 6.07) is 13.8. The average molecular weight is 560 g/mol. The summed E-state index contributed by atoms with van der Waals surface area (Å²) in [6.45, 7) is 3.20. The zero-order valence-corrected chi connectivity index (χ0v) is 21.3. The Hall–Kier alpha value is -3.21. The lowest BCUT2D eigenvalue weighted by Gasteiger charge is -2.32. The summed E-state index contributed by atoms with van der Waals surface area (Å²) in [6.07, 6.45) is 0.294. The lowest BCUT2D eigenvalue weighted by molar-refractivity contribution is -0.133. The number of aromatic nitrogens is 2. The number of rotatable bonds is 5. The van der Waals surface area contributed by atoms with Gasteiger partial charge < -0.3 is 20.4 Å². The van der Waals surface area contributed by atoms with Gasteiger partial charge in [-0.15, -0.1) is 0 Å². The molecule has 2 heterocycles. The number of benzene rings is 2. The van der Waals surface area contributed by atoms with Gasteiger partial charge in [-0.25, -0.2) is 0 Å². The molecule has 0 atom stereocenters. The summed E-state index contributed by atoms with van der Waals surface area (Å²) in [5, 5.41) is 12.3. The topological polar surface area (TPSA) is 110 Å². The van der Waals surface area contributed by atoms with Crippen LogP contribution in [-0.4, -0.2) is 70.9 Å². The van der Waals surface area contributed by atoms with Gasteiger partial charge in [0.1, 0.15) is 0 Å². The van der Waals surface area contributed by atoms with Crippen molar-refractivity contribution in [2.75, 3.05) is 43.9 Å². The first-order chi connectivity index (χ1) is 16.8. The number of carbonyl (C=O) groups excluding carboxylic acids is 3. The number of nitrogens with one attached hydrogen (secondary N) is 3. The minimum Gasteiger partial charge on any atom is -0.340 e. The molecule has 35 heavy (non-hydrogen) atoms. The third-order valence-corrected chi connectivity index (χ3v) is 6.49. The molecule has 0 saturated carbocycles. The highest BCUT2D eigenvalue weighted by molar-refractivity contribution is 9.10. The molecule has 3 aromatic rings. The van der Waals surface area contributed by atoms with Gasteiger partial charge in [0.25, 0.3) is 0 Å². The van der Waals surface area contributed by atoms with Gasteiger partial charge in [-0.3, -0.25) is 19.5 Å². The Morgan fingerprint density at radius 2 is 1.69 bits per heavy atom. The molecule has 182 valence electrons. The van der Waals surface area contributed by atoms with Gasteiger partial charge in [0.05, 0.1) is 17.1 Å². The van der Waals surface area contributed by atoms with Crippen molar-refractivity contribution in [3.63, 3.8) is 0 Å². The van der Waals surface area contributed by atoms with Crippen molar-refractivity contribution >= 4 is 56.8 Å². The zero-order valence-electron chi connectivity index (χ0n) is 19.0. The van der Waals surface area contributed by atoms with Crippen molar-refractivity contribution in [2.45, 2.75) is 6.42 Å². The second-order valence-corrected chi connectivity index (χ2v) is 9.58. The number of anilines is 2. The Labute approximate surface area is 215 Å². The van der Waals surface area contributed by atoms with Gasteiger partial charge >= 0.3 is 11.8 Å². The standard InChI is InChI=1S/C24H24BrClN6O3/c1-31-8-10-32(11-9-31)22(33)12-15-2-5-17(6-3-15)27-23(34)24(35)28-21-14-20(29-30-21)18-13-16(25)4-7-19(18)26/h2-7,13-14H,8-12H2,1H3,(H,27,34)(H2,28,29,30,35). The van der Waals surface area contributed by atoms with Gasteiger partial charge in [-0.05, 0) is 42.9 Å². The summed E-state index contributed by atoms with van der Waals surface area (Å²) in [7, 11) is 2.04. The van der Waals surface area contributed by atoms with Crippen LogP contribution in [0.4, 0.5) is 11.5 Å². The highest BCUT2D eigenvalue weighted by Crippen LogP contribution is 2.30. The van der Waals surface area contributed by atoms with E-state index in [2.05, 4.69) is 41.7 Å². The van der Waals surface area contributed by atoms with Crippen molar-refractivity contribution in [3.05, 3.63) is 63.6 Å². The lowest BCUT2D eigenvalue weighted by atomic mass is 10.1. The molecule has 3 N–H and O–H groups in total. The van der Waals surface area contributed by atoms with Crippen LogP contribution in [0.3, 0.4) is 0 Å². The fourth-order valence-electron chi connectivity index (χ4n) is 3.64. The van der Waals surface area contributed by atoms with Gasteiger partial charge in [-0.2, -0.15) is 5.10 Å². The average Bonchev–Trinajstić information content (AvgIpc) is 3.30. The molecule has 4 rings (SSSR count). The Kier molecular flexibility index (Phi) is 7.84. The summed E-state index contributed by atoms with van der Waals surface area (Å²) in [5.74, 6) is -1.43. The van der Waals surface area contributed by atoms with Crippen molar-refractivity contribution in [3.8, 4) is 11.3 Å². The number of likely N-dealkylation sites (N-methyl/N-ethyl adjacent to an activating group) is 1. The van der Waals surface area contributed by atoms with Crippen LogP contribution in [0, 0.1) is 0 Å². The predicted molar refractivity (Wildman–Crippen MR) is 138 cm³/mol. The lowest BCUT2D eigenvalue weighted by Crippen LogP contribution is -2.47. The largest absolute Gasteiger partial charge is 0.340 e. The third kappa shape index (κ3) is 6.47. The molecule has 0 radical (unpaired) electrons. The predicted octanol–water partition coefficient (Wildman–Crippen LogP) is 3.39. The second kappa shape index (κ2) is 11.0. The van der Waals surface area contributed by atoms with Crippen LogP contribution in [0.15, 0.2) is 53.0 Å². The van der Waals surface area contributed by atoms with Gasteiger partial charge in [-0.1, -0.05) is 39.7 Å². The molecule has 1 aromatic heterocycles. The van der Waals surface area contributed by atoms with Gasteiger partial charge in [0, 0.05) is 48.0 Å². The van der Waals surface area contributed by atoms with E-state index in [-0.39, 0.29) is 11.7 Å². The minimum atomic E-state index is -0.863. The van der Waals surface area contributed by atoms with E-state index in [1.54, 1.807) is 36.4 Å². The first-order valence-electron chi connectivity index (χ1n) is 11.0. The minimum absolute atomic E-state index is 0.0804. The first-order valence-corrected chi connectivity index (χ1v) is 12.1. The Morgan fingerprint density at radius 1 is 1.00 bits per heavy atom. The van der Waals surface area contributed by atoms with Crippen LogP contribution in [0.2, 0.25) is 5.02 Å². The molecular weight excluding hydrogens is 536 g/mol. The Bertz CT molecular complexity index is 1240. The number of aromatic amines is 1. The molecule has 1 saturated heterocycles. The fraction of sp³-hybridized carbons (Fsp3) is 0.250. The third-order valence-electron chi connectivity index (χ3n) is 5.67. The molecule has 2 aromatic carbocycles. The van der Waals surface area contributed by atoms with E-state index in [9.17, 15) is 14.4 Å². The second-order valence-electron chi connectivity index (χ2n) is 8.26. The molecule has 0 unspecified atom stereocenters. The van der Waals surface area contributed by atoms with Gasteiger partial charge in [0.2, 0.25) is 5.91 Å². The molecule has 11 heteroatoms. The monoisotopic (exact) mass is 558 g/mol. The normalized spacial score (nSPS) is 14.0. The quantitative estimate of drug-likeness (QED) is 0.415. The molecule has 9 nitrogen and oxygen atoms in total. The highest BCUT2D eigenvalue weighted by Gasteiger charge is 2.20. The molecule has 0 aliphatic carbocycles. The van der Waals surface area contributed by atoms with Crippen LogP contribution < -0.4 is 10.6 Å². The number of carbonyl (C=O) groups is 3. The number of nitrogens with zero attached hydrogens (tertiary/aromatic N) is 3. The highest BCUT2D eigenvalue weighted by atomic mass is 79.9. The number of amides is 3. The SMILES string of the molecule is CN1CCN(C(=O)Cc2ccc(NC(=O)C(=O)Nc3cc(-c4cc(Br)ccc4Cl)[nH]n3)cc2)CC1. The molecule has 3 amide bonds. The number of piperazine rings is 1. The molecular formula is C24H24BrClN6O3. The molecule has 1 aliphatic heterocycles. The van der Waals surface area contributed by atoms with Gasteiger partial charge in [0.15, 0.2) is 5.82 Å². The summed E-state index contributed by atoms with van der Waals surface area (Å²) in [4.78, 5) is 41.2. The van der Waals surface area contributed by atoms with Crippen molar-refractivity contribution < 1.29 is 14.4 Å². The van der Waals surface area contributed by atoms with Crippen molar-refractivity contribution in [1.29, 1.82) is 0 Å². The van der Waals surface area contributed by atoms with Crippen LogP contribution in [0.5, 0.6) is 0 Å².